The summed E-state index contributed by atoms with van der Waals surface area (Å²) in [6.45, 7) is 1.96. The van der Waals surface area contributed by atoms with E-state index in [9.17, 15) is 10.1 Å². The number of anilines is 2. The van der Waals surface area contributed by atoms with Crippen molar-refractivity contribution >= 4 is 28.6 Å². The summed E-state index contributed by atoms with van der Waals surface area (Å²) >= 11 is 0. The van der Waals surface area contributed by atoms with Crippen molar-refractivity contribution in [1.82, 2.24) is 24.8 Å². The first-order valence-electron chi connectivity index (χ1n) is 10.2. The van der Waals surface area contributed by atoms with Crippen LogP contribution in [0.5, 0.6) is 0 Å². The van der Waals surface area contributed by atoms with Crippen LogP contribution in [-0.2, 0) is 0 Å². The number of nitrogens with two attached hydrogens (primary N) is 1. The maximum Gasteiger partial charge on any atom is 0.253 e. The van der Waals surface area contributed by atoms with E-state index in [1.807, 2.05) is 25.1 Å². The van der Waals surface area contributed by atoms with Crippen molar-refractivity contribution in [3.8, 4) is 6.07 Å². The molecule has 2 saturated carbocycles. The molecule has 152 valence electrons. The van der Waals surface area contributed by atoms with Gasteiger partial charge in [0.25, 0.3) is 5.91 Å². The Morgan fingerprint density at radius 1 is 1.30 bits per heavy atom. The van der Waals surface area contributed by atoms with Crippen LogP contribution in [0.3, 0.4) is 0 Å². The van der Waals surface area contributed by atoms with Crippen molar-refractivity contribution in [2.75, 3.05) is 11.1 Å². The zero-order valence-electron chi connectivity index (χ0n) is 16.6. The highest BCUT2D eigenvalue weighted by molar-refractivity contribution is 6.05. The average Bonchev–Trinajstić information content (AvgIpc) is 3.66. The van der Waals surface area contributed by atoms with Crippen LogP contribution in [0.25, 0.3) is 11.0 Å². The fraction of sp³-hybridized carbons (Fsp3) is 0.381. The minimum absolute atomic E-state index is 0.0487. The third-order valence-corrected chi connectivity index (χ3v) is 5.54. The molecule has 1 amide bonds. The summed E-state index contributed by atoms with van der Waals surface area (Å²) in [5.41, 5.74) is 8.33. The van der Waals surface area contributed by atoms with Crippen LogP contribution in [0.15, 0.2) is 24.5 Å². The molecule has 2 heterocycles. The Hall–Kier alpha value is -3.67. The Bertz CT molecular complexity index is 1190. The Labute approximate surface area is 173 Å². The third kappa shape index (κ3) is 3.20. The van der Waals surface area contributed by atoms with Crippen LogP contribution in [0.2, 0.25) is 0 Å². The molecule has 0 radical (unpaired) electrons. The minimum Gasteiger partial charge on any atom is -0.382 e. The second-order valence-electron chi connectivity index (χ2n) is 7.95. The van der Waals surface area contributed by atoms with Crippen molar-refractivity contribution < 1.29 is 4.79 Å². The molecule has 1 atom stereocenters. The number of nitrogens with zero attached hydrogens (tertiary/aromatic N) is 5. The van der Waals surface area contributed by atoms with Gasteiger partial charge in [-0.1, -0.05) is 6.07 Å². The normalized spacial score (nSPS) is 16.8. The van der Waals surface area contributed by atoms with Crippen LogP contribution < -0.4 is 16.4 Å². The fourth-order valence-electron chi connectivity index (χ4n) is 3.74. The van der Waals surface area contributed by atoms with Crippen molar-refractivity contribution in [2.45, 2.75) is 50.7 Å². The lowest BCUT2D eigenvalue weighted by molar-refractivity contribution is 0.0952. The zero-order valence-corrected chi connectivity index (χ0v) is 16.6. The highest BCUT2D eigenvalue weighted by atomic mass is 16.1. The van der Waals surface area contributed by atoms with E-state index >= 15 is 0 Å². The highest BCUT2D eigenvalue weighted by Crippen LogP contribution is 2.41. The van der Waals surface area contributed by atoms with Crippen LogP contribution in [-0.4, -0.2) is 31.5 Å². The number of aromatic nitrogens is 4. The fourth-order valence-corrected chi connectivity index (χ4v) is 3.74. The van der Waals surface area contributed by atoms with Crippen molar-refractivity contribution in [3.05, 3.63) is 41.5 Å². The summed E-state index contributed by atoms with van der Waals surface area (Å²) in [7, 11) is 0. The molecule has 0 spiro atoms. The van der Waals surface area contributed by atoms with E-state index in [2.05, 4.69) is 31.2 Å². The van der Waals surface area contributed by atoms with Gasteiger partial charge in [-0.25, -0.2) is 15.0 Å². The van der Waals surface area contributed by atoms with E-state index < -0.39 is 0 Å². The number of imidazole rings is 1. The predicted molar refractivity (Wildman–Crippen MR) is 112 cm³/mol. The smallest absolute Gasteiger partial charge is 0.253 e. The monoisotopic (exact) mass is 402 g/mol. The van der Waals surface area contributed by atoms with Crippen LogP contribution in [0, 0.1) is 11.3 Å². The van der Waals surface area contributed by atoms with Crippen LogP contribution >= 0.6 is 0 Å². The van der Waals surface area contributed by atoms with Crippen molar-refractivity contribution in [1.29, 1.82) is 5.26 Å². The summed E-state index contributed by atoms with van der Waals surface area (Å²) in [6.07, 6.45) is 5.51. The number of rotatable bonds is 6. The largest absolute Gasteiger partial charge is 0.382 e. The maximum absolute atomic E-state index is 12.9. The first-order valence-corrected chi connectivity index (χ1v) is 10.2. The molecular formula is C21H22N8O. The number of carbonyl (C=O) groups is 1. The van der Waals surface area contributed by atoms with E-state index in [-0.39, 0.29) is 29.4 Å². The molecular weight excluding hydrogens is 380 g/mol. The number of carbonyl (C=O) groups excluding carboxylic acids is 1. The summed E-state index contributed by atoms with van der Waals surface area (Å²) in [4.78, 5) is 25.8. The Morgan fingerprint density at radius 2 is 2.10 bits per heavy atom. The van der Waals surface area contributed by atoms with Crippen molar-refractivity contribution in [3.63, 3.8) is 0 Å². The molecule has 0 aliphatic heterocycles. The topological polar surface area (TPSA) is 135 Å². The molecule has 3 aromatic rings. The van der Waals surface area contributed by atoms with Gasteiger partial charge in [-0.15, -0.1) is 0 Å². The maximum atomic E-state index is 12.9. The van der Waals surface area contributed by atoms with E-state index in [1.54, 1.807) is 0 Å². The van der Waals surface area contributed by atoms with E-state index in [4.69, 9.17) is 10.7 Å². The number of hydrogen-bond donors (Lipinski definition) is 3. The first kappa shape index (κ1) is 18.4. The number of hydrogen-bond acceptors (Lipinski definition) is 7. The Balaban J connectivity index is 1.56. The lowest BCUT2D eigenvalue weighted by Gasteiger charge is -2.18. The number of nitriles is 1. The van der Waals surface area contributed by atoms with Gasteiger partial charge in [0.1, 0.15) is 35.4 Å². The molecule has 2 fully saturated rings. The average molecular weight is 402 g/mol. The summed E-state index contributed by atoms with van der Waals surface area (Å²) < 4.78 is 2.17. The summed E-state index contributed by atoms with van der Waals surface area (Å²) in [5.74, 6) is 1.27. The Kier molecular flexibility index (Phi) is 4.28. The molecule has 2 aliphatic rings. The van der Waals surface area contributed by atoms with E-state index in [0.29, 0.717) is 17.4 Å². The second-order valence-corrected chi connectivity index (χ2v) is 7.95. The molecule has 9 heteroatoms. The second kappa shape index (κ2) is 6.99. The molecule has 0 saturated heterocycles. The van der Waals surface area contributed by atoms with Crippen LogP contribution in [0.4, 0.5) is 11.6 Å². The number of nitrogens with one attached hydrogen (secondary N) is 2. The molecule has 30 heavy (non-hydrogen) atoms. The van der Waals surface area contributed by atoms with Crippen LogP contribution in [0.1, 0.15) is 66.4 Å². The molecule has 1 aromatic carbocycles. The van der Waals surface area contributed by atoms with Gasteiger partial charge in [-0.05, 0) is 44.7 Å². The number of para-hydroxylation sites is 1. The quantitative estimate of drug-likeness (QED) is 0.577. The van der Waals surface area contributed by atoms with Gasteiger partial charge in [-0.3, -0.25) is 4.79 Å². The number of benzene rings is 1. The van der Waals surface area contributed by atoms with Gasteiger partial charge in [0, 0.05) is 12.1 Å². The van der Waals surface area contributed by atoms with Crippen molar-refractivity contribution in [2.24, 2.45) is 0 Å². The molecule has 1 unspecified atom stereocenters. The predicted octanol–water partition coefficient (Wildman–Crippen LogP) is 2.68. The lowest BCUT2D eigenvalue weighted by Crippen LogP contribution is -2.26. The standard InChI is InChI=1S/C21H22N8O/c1-11(26-19-15(9-22)18(23)24-10-25-19)20-28-16-4-2-3-14(21(30)27-12-5-6-12)17(16)29(20)13-7-8-13/h2-4,10-13H,5-8H2,1H3,(H,27,30)(H3,23,24,25,26). The number of fused-ring (bicyclic) bond motifs is 1. The molecule has 4 N–H and O–H groups in total. The molecule has 9 nitrogen and oxygen atoms in total. The highest BCUT2D eigenvalue weighted by Gasteiger charge is 2.33. The molecule has 2 aromatic heterocycles. The van der Waals surface area contributed by atoms with E-state index in [0.717, 1.165) is 42.5 Å². The van der Waals surface area contributed by atoms with Gasteiger partial charge < -0.3 is 20.9 Å². The van der Waals surface area contributed by atoms with Gasteiger partial charge >= 0.3 is 0 Å². The first-order chi connectivity index (χ1) is 14.6. The molecule has 0 bridgehead atoms. The zero-order chi connectivity index (χ0) is 20.8. The molecule has 5 rings (SSSR count). The summed E-state index contributed by atoms with van der Waals surface area (Å²) in [5, 5.41) is 15.8. The van der Waals surface area contributed by atoms with Gasteiger partial charge in [0.2, 0.25) is 0 Å². The number of amides is 1. The lowest BCUT2D eigenvalue weighted by atomic mass is 10.1. The number of nitrogen functional groups attached to an aromatic ring is 1. The molecule has 2 aliphatic carbocycles. The third-order valence-electron chi connectivity index (χ3n) is 5.54. The van der Waals surface area contributed by atoms with Gasteiger partial charge in [-0.2, -0.15) is 5.26 Å². The minimum atomic E-state index is -0.251. The van der Waals surface area contributed by atoms with E-state index in [1.165, 1.54) is 6.33 Å². The summed E-state index contributed by atoms with van der Waals surface area (Å²) in [6, 6.07) is 8.07. The SMILES string of the molecule is CC(Nc1ncnc(N)c1C#N)c1nc2cccc(C(=O)NC3CC3)c2n1C1CC1. The van der Waals surface area contributed by atoms with Gasteiger partial charge in [0.15, 0.2) is 0 Å². The van der Waals surface area contributed by atoms with Gasteiger partial charge in [0.05, 0.1) is 22.6 Å². The Morgan fingerprint density at radius 3 is 2.80 bits per heavy atom.